The van der Waals surface area contributed by atoms with Gasteiger partial charge in [0.25, 0.3) is 0 Å². The third-order valence-electron chi connectivity index (χ3n) is 5.38. The highest BCUT2D eigenvalue weighted by molar-refractivity contribution is 7.89. The third kappa shape index (κ3) is 3.82. The van der Waals surface area contributed by atoms with Gasteiger partial charge in [-0.3, -0.25) is 0 Å². The molecule has 0 aromatic heterocycles. The van der Waals surface area contributed by atoms with Gasteiger partial charge in [-0.05, 0) is 55.5 Å². The summed E-state index contributed by atoms with van der Waals surface area (Å²) in [7, 11) is -2.07. The molecule has 6 nitrogen and oxygen atoms in total. The Morgan fingerprint density at radius 1 is 1.07 bits per heavy atom. The number of hydrogen-bond acceptors (Lipinski definition) is 5. The van der Waals surface area contributed by atoms with Crippen LogP contribution in [-0.4, -0.2) is 39.1 Å². The van der Waals surface area contributed by atoms with Crippen molar-refractivity contribution >= 4 is 10.0 Å². The average Bonchev–Trinajstić information content (AvgIpc) is 3.57. The van der Waals surface area contributed by atoms with Crippen LogP contribution in [-0.2, 0) is 16.6 Å². The molecule has 28 heavy (non-hydrogen) atoms. The zero-order valence-corrected chi connectivity index (χ0v) is 16.9. The maximum Gasteiger partial charge on any atom is 0.243 e. The lowest BCUT2D eigenvalue weighted by Crippen LogP contribution is -2.39. The number of ether oxygens (including phenoxy) is 3. The normalized spacial score (nSPS) is 17.4. The lowest BCUT2D eigenvalue weighted by Gasteiger charge is -2.29. The summed E-state index contributed by atoms with van der Waals surface area (Å²) >= 11 is 0. The van der Waals surface area contributed by atoms with Crippen LogP contribution in [0.1, 0.15) is 25.3 Å². The fraction of sp³-hybridized carbons (Fsp3) is 0.429. The van der Waals surface area contributed by atoms with E-state index in [0.717, 1.165) is 24.2 Å². The molecule has 0 bridgehead atoms. The molecule has 7 heteroatoms. The van der Waals surface area contributed by atoms with E-state index < -0.39 is 10.0 Å². The van der Waals surface area contributed by atoms with Gasteiger partial charge in [0.2, 0.25) is 10.0 Å². The van der Waals surface area contributed by atoms with Gasteiger partial charge in [0.1, 0.15) is 19.0 Å². The fourth-order valence-electron chi connectivity index (χ4n) is 3.49. The molecule has 1 fully saturated rings. The average molecular weight is 404 g/mol. The number of rotatable bonds is 7. The Bertz CT molecular complexity index is 938. The fourth-order valence-corrected chi connectivity index (χ4v) is 5.19. The smallest absolute Gasteiger partial charge is 0.243 e. The quantitative estimate of drug-likeness (QED) is 0.708. The number of nitrogens with zero attached hydrogens (tertiary/aromatic N) is 1. The molecule has 1 atom stereocenters. The number of fused-ring (bicyclic) bond motifs is 1. The van der Waals surface area contributed by atoms with Crippen molar-refractivity contribution in [3.63, 3.8) is 0 Å². The first-order valence-electron chi connectivity index (χ1n) is 9.53. The van der Waals surface area contributed by atoms with E-state index in [2.05, 4.69) is 0 Å². The molecule has 1 unspecified atom stereocenters. The predicted molar refractivity (Wildman–Crippen MR) is 105 cm³/mol. The summed E-state index contributed by atoms with van der Waals surface area (Å²) < 4.78 is 45.0. The third-order valence-corrected chi connectivity index (χ3v) is 7.30. The van der Waals surface area contributed by atoms with Gasteiger partial charge in [-0.1, -0.05) is 12.1 Å². The predicted octanol–water partition coefficient (Wildman–Crippen LogP) is 3.46. The monoisotopic (exact) mass is 403 g/mol. The Labute approximate surface area is 166 Å². The molecule has 0 spiro atoms. The van der Waals surface area contributed by atoms with Crippen LogP contribution < -0.4 is 14.2 Å². The van der Waals surface area contributed by atoms with Gasteiger partial charge in [0.05, 0.1) is 12.0 Å². The summed E-state index contributed by atoms with van der Waals surface area (Å²) in [5.41, 5.74) is 0.925. The summed E-state index contributed by atoms with van der Waals surface area (Å²) in [5, 5.41) is 0. The van der Waals surface area contributed by atoms with E-state index in [0.29, 0.717) is 37.2 Å². The van der Waals surface area contributed by atoms with Crippen LogP contribution in [0.15, 0.2) is 47.4 Å². The van der Waals surface area contributed by atoms with Crippen LogP contribution in [0.2, 0.25) is 0 Å². The molecule has 1 saturated carbocycles. The van der Waals surface area contributed by atoms with Gasteiger partial charge in [0, 0.05) is 18.7 Å². The van der Waals surface area contributed by atoms with E-state index in [-0.39, 0.29) is 10.9 Å². The van der Waals surface area contributed by atoms with Crippen molar-refractivity contribution in [1.82, 2.24) is 4.31 Å². The highest BCUT2D eigenvalue weighted by atomic mass is 32.2. The largest absolute Gasteiger partial charge is 0.497 e. The molecule has 0 N–H and O–H groups in total. The minimum atomic E-state index is -3.69. The lowest BCUT2D eigenvalue weighted by atomic mass is 10.1. The Morgan fingerprint density at radius 3 is 2.39 bits per heavy atom. The molecule has 0 amide bonds. The van der Waals surface area contributed by atoms with Gasteiger partial charge in [-0.15, -0.1) is 0 Å². The summed E-state index contributed by atoms with van der Waals surface area (Å²) in [5.74, 6) is 2.23. The molecule has 1 aliphatic heterocycles. The van der Waals surface area contributed by atoms with Crippen molar-refractivity contribution in [2.24, 2.45) is 5.92 Å². The van der Waals surface area contributed by atoms with Crippen LogP contribution in [0.5, 0.6) is 17.2 Å². The maximum absolute atomic E-state index is 13.5. The molecule has 0 radical (unpaired) electrons. The van der Waals surface area contributed by atoms with Crippen molar-refractivity contribution in [2.75, 3.05) is 20.3 Å². The summed E-state index contributed by atoms with van der Waals surface area (Å²) in [6.45, 7) is 3.21. The molecule has 2 aliphatic rings. The van der Waals surface area contributed by atoms with E-state index >= 15 is 0 Å². The van der Waals surface area contributed by atoms with Crippen LogP contribution >= 0.6 is 0 Å². The van der Waals surface area contributed by atoms with E-state index in [1.165, 1.54) is 0 Å². The number of sulfonamides is 1. The number of hydrogen-bond donors (Lipinski definition) is 0. The molecule has 0 saturated heterocycles. The minimum Gasteiger partial charge on any atom is -0.497 e. The van der Waals surface area contributed by atoms with Crippen molar-refractivity contribution in [3.05, 3.63) is 48.0 Å². The summed E-state index contributed by atoms with van der Waals surface area (Å²) in [6, 6.07) is 12.3. The molecule has 2 aromatic rings. The lowest BCUT2D eigenvalue weighted by molar-refractivity contribution is 0.171. The van der Waals surface area contributed by atoms with Crippen LogP contribution in [0.25, 0.3) is 0 Å². The molecule has 1 aliphatic carbocycles. The maximum atomic E-state index is 13.5. The topological polar surface area (TPSA) is 65.1 Å². The van der Waals surface area contributed by atoms with E-state index in [1.807, 2.05) is 31.2 Å². The second-order valence-corrected chi connectivity index (χ2v) is 9.17. The summed E-state index contributed by atoms with van der Waals surface area (Å²) in [6.07, 6.45) is 2.13. The van der Waals surface area contributed by atoms with Crippen molar-refractivity contribution in [1.29, 1.82) is 0 Å². The molecule has 4 rings (SSSR count). The van der Waals surface area contributed by atoms with E-state index in [1.54, 1.807) is 29.6 Å². The molecule has 150 valence electrons. The Balaban J connectivity index is 1.66. The van der Waals surface area contributed by atoms with Crippen molar-refractivity contribution < 1.29 is 22.6 Å². The summed E-state index contributed by atoms with van der Waals surface area (Å²) in [4.78, 5) is 0.234. The second kappa shape index (κ2) is 7.64. The molecule has 1 heterocycles. The van der Waals surface area contributed by atoms with Gasteiger partial charge in [-0.25, -0.2) is 8.42 Å². The van der Waals surface area contributed by atoms with Crippen LogP contribution in [0, 0.1) is 5.92 Å². The van der Waals surface area contributed by atoms with Crippen LogP contribution in [0.3, 0.4) is 0 Å². The van der Waals surface area contributed by atoms with Crippen LogP contribution in [0.4, 0.5) is 0 Å². The zero-order valence-electron chi connectivity index (χ0n) is 16.1. The van der Waals surface area contributed by atoms with Crippen molar-refractivity contribution in [2.45, 2.75) is 37.2 Å². The second-order valence-electron chi connectivity index (χ2n) is 7.28. The first kappa shape index (κ1) is 19.1. The first-order valence-corrected chi connectivity index (χ1v) is 11.0. The minimum absolute atomic E-state index is 0.0692. The van der Waals surface area contributed by atoms with E-state index in [4.69, 9.17) is 14.2 Å². The Hall–Kier alpha value is -2.25. The molecular weight excluding hydrogens is 378 g/mol. The zero-order chi connectivity index (χ0) is 19.7. The standard InChI is InChI=1S/C21H25NO5S/c1-15(17-5-6-17)22(14-16-3-7-18(25-2)8-4-16)28(23,24)19-9-10-20-21(13-19)27-12-11-26-20/h3-4,7-10,13,15,17H,5-6,11-12,14H2,1-2H3. The van der Waals surface area contributed by atoms with E-state index in [9.17, 15) is 8.42 Å². The van der Waals surface area contributed by atoms with Gasteiger partial charge in [0.15, 0.2) is 11.5 Å². The van der Waals surface area contributed by atoms with Gasteiger partial charge in [-0.2, -0.15) is 4.31 Å². The number of benzene rings is 2. The Morgan fingerprint density at radius 2 is 1.75 bits per heavy atom. The first-order chi connectivity index (χ1) is 13.5. The van der Waals surface area contributed by atoms with Crippen molar-refractivity contribution in [3.8, 4) is 17.2 Å². The van der Waals surface area contributed by atoms with Gasteiger partial charge < -0.3 is 14.2 Å². The highest BCUT2D eigenvalue weighted by Gasteiger charge is 2.38. The molecular formula is C21H25NO5S. The Kier molecular flexibility index (Phi) is 5.21. The van der Waals surface area contributed by atoms with Gasteiger partial charge >= 0.3 is 0 Å². The molecule has 2 aromatic carbocycles. The highest BCUT2D eigenvalue weighted by Crippen LogP contribution is 2.39. The SMILES string of the molecule is COc1ccc(CN(C(C)C2CC2)S(=O)(=O)c2ccc3c(c2)OCCO3)cc1. The number of methoxy groups -OCH3 is 1.